The van der Waals surface area contributed by atoms with Gasteiger partial charge in [-0.15, -0.1) is 0 Å². The highest BCUT2D eigenvalue weighted by Gasteiger charge is 2.59. The lowest BCUT2D eigenvalue weighted by molar-refractivity contribution is -0.131. The number of amides is 1. The Kier molecular flexibility index (Phi) is 3.66. The van der Waals surface area contributed by atoms with Crippen LogP contribution >= 0.6 is 0 Å². The van der Waals surface area contributed by atoms with Crippen LogP contribution in [0.1, 0.15) is 44.8 Å². The molecule has 1 aromatic carbocycles. The van der Waals surface area contributed by atoms with Crippen LogP contribution in [0.5, 0.6) is 5.75 Å². The minimum absolute atomic E-state index is 0.0603. The van der Waals surface area contributed by atoms with E-state index in [2.05, 4.69) is 19.2 Å². The number of hydrogen-bond donors (Lipinski definition) is 1. The summed E-state index contributed by atoms with van der Waals surface area (Å²) in [5, 5.41) is 3.55. The molecule has 0 radical (unpaired) electrons. The first kappa shape index (κ1) is 14.4. The molecule has 1 aliphatic carbocycles. The smallest absolute Gasteiger partial charge is 0.244 e. The van der Waals surface area contributed by atoms with Gasteiger partial charge in [0.1, 0.15) is 17.5 Å². The Labute approximate surface area is 126 Å². The zero-order valence-electron chi connectivity index (χ0n) is 13.1. The van der Waals surface area contributed by atoms with Gasteiger partial charge in [0.15, 0.2) is 0 Å². The number of rotatable bonds is 5. The molecule has 1 heterocycles. The summed E-state index contributed by atoms with van der Waals surface area (Å²) in [7, 11) is 1.68. The molecule has 1 saturated carbocycles. The molecular formula is C17H24N2O2. The zero-order chi connectivity index (χ0) is 15.0. The molecule has 2 aliphatic rings. The number of ether oxygens (including phenoxy) is 1. The van der Waals surface area contributed by atoms with E-state index in [-0.39, 0.29) is 17.6 Å². The van der Waals surface area contributed by atoms with E-state index < -0.39 is 0 Å². The van der Waals surface area contributed by atoms with Crippen molar-refractivity contribution in [3.63, 3.8) is 0 Å². The van der Waals surface area contributed by atoms with Crippen molar-refractivity contribution in [2.75, 3.05) is 13.7 Å². The summed E-state index contributed by atoms with van der Waals surface area (Å²) in [4.78, 5) is 14.7. The molecule has 2 fully saturated rings. The number of nitrogens with one attached hydrogen (secondary N) is 1. The van der Waals surface area contributed by atoms with Crippen LogP contribution in [0.25, 0.3) is 0 Å². The minimum Gasteiger partial charge on any atom is -0.496 e. The third kappa shape index (κ3) is 2.53. The van der Waals surface area contributed by atoms with Crippen molar-refractivity contribution in [1.82, 2.24) is 10.2 Å². The van der Waals surface area contributed by atoms with Crippen LogP contribution in [0.4, 0.5) is 0 Å². The molecular weight excluding hydrogens is 264 g/mol. The fourth-order valence-corrected chi connectivity index (χ4v) is 3.04. The summed E-state index contributed by atoms with van der Waals surface area (Å²) in [5.74, 6) is 1.70. The Hall–Kier alpha value is -1.55. The molecule has 1 aliphatic heterocycles. The third-order valence-corrected chi connectivity index (χ3v) is 4.53. The van der Waals surface area contributed by atoms with Crippen molar-refractivity contribution in [1.29, 1.82) is 0 Å². The topological polar surface area (TPSA) is 41.6 Å². The van der Waals surface area contributed by atoms with Crippen molar-refractivity contribution in [3.05, 3.63) is 29.8 Å². The van der Waals surface area contributed by atoms with Crippen molar-refractivity contribution in [2.45, 2.75) is 44.8 Å². The number of carbonyl (C=O) groups excluding carboxylic acids is 1. The van der Waals surface area contributed by atoms with Gasteiger partial charge in [0.2, 0.25) is 5.91 Å². The Morgan fingerprint density at radius 3 is 2.71 bits per heavy atom. The van der Waals surface area contributed by atoms with E-state index in [1.807, 2.05) is 29.2 Å². The summed E-state index contributed by atoms with van der Waals surface area (Å²) >= 11 is 0. The SMILES string of the molecule is COc1ccccc1C1NC2(CC2)C(=O)N1CCC(C)C. The predicted octanol–water partition coefficient (Wildman–Crippen LogP) is 2.70. The van der Waals surface area contributed by atoms with Gasteiger partial charge < -0.3 is 9.64 Å². The van der Waals surface area contributed by atoms with Gasteiger partial charge in [-0.1, -0.05) is 32.0 Å². The molecule has 1 aromatic rings. The normalized spacial score (nSPS) is 23.1. The third-order valence-electron chi connectivity index (χ3n) is 4.53. The molecule has 4 nitrogen and oxygen atoms in total. The molecule has 114 valence electrons. The van der Waals surface area contributed by atoms with Crippen LogP contribution in [0.15, 0.2) is 24.3 Å². The van der Waals surface area contributed by atoms with Gasteiger partial charge >= 0.3 is 0 Å². The summed E-state index contributed by atoms with van der Waals surface area (Å²) in [5.41, 5.74) is 0.767. The first-order chi connectivity index (χ1) is 10.1. The molecule has 1 spiro atoms. The molecule has 1 atom stereocenters. The molecule has 0 bridgehead atoms. The summed E-state index contributed by atoms with van der Waals surface area (Å²) in [6.07, 6.45) is 2.87. The monoisotopic (exact) mass is 288 g/mol. The summed E-state index contributed by atoms with van der Waals surface area (Å²) < 4.78 is 5.48. The number of carbonyl (C=O) groups is 1. The van der Waals surface area contributed by atoms with Gasteiger partial charge in [0, 0.05) is 12.1 Å². The lowest BCUT2D eigenvalue weighted by Gasteiger charge is -2.26. The maximum Gasteiger partial charge on any atom is 0.244 e. The van der Waals surface area contributed by atoms with Crippen molar-refractivity contribution in [3.8, 4) is 5.75 Å². The minimum atomic E-state index is -0.289. The zero-order valence-corrected chi connectivity index (χ0v) is 13.1. The van der Waals surface area contributed by atoms with Crippen molar-refractivity contribution in [2.24, 2.45) is 5.92 Å². The fourth-order valence-electron chi connectivity index (χ4n) is 3.04. The number of nitrogens with zero attached hydrogens (tertiary/aromatic N) is 1. The number of methoxy groups -OCH3 is 1. The van der Waals surface area contributed by atoms with E-state index in [4.69, 9.17) is 4.74 Å². The quantitative estimate of drug-likeness (QED) is 0.906. The molecule has 1 N–H and O–H groups in total. The molecule has 21 heavy (non-hydrogen) atoms. The van der Waals surface area contributed by atoms with Crippen LogP contribution < -0.4 is 10.1 Å². The van der Waals surface area contributed by atoms with Crippen LogP contribution in [-0.4, -0.2) is 30.0 Å². The lowest BCUT2D eigenvalue weighted by atomic mass is 10.1. The predicted molar refractivity (Wildman–Crippen MR) is 82.0 cm³/mol. The standard InChI is InChI=1S/C17H24N2O2/c1-12(2)8-11-19-15(18-17(9-10-17)16(19)20)13-6-4-5-7-14(13)21-3/h4-7,12,15,18H,8-11H2,1-3H3. The first-order valence-electron chi connectivity index (χ1n) is 7.79. The number of benzene rings is 1. The fraction of sp³-hybridized carbons (Fsp3) is 0.588. The molecule has 4 heteroatoms. The van der Waals surface area contributed by atoms with E-state index in [0.29, 0.717) is 5.92 Å². The van der Waals surface area contributed by atoms with Gasteiger partial charge in [-0.25, -0.2) is 0 Å². The van der Waals surface area contributed by atoms with E-state index >= 15 is 0 Å². The average molecular weight is 288 g/mol. The Morgan fingerprint density at radius 2 is 2.10 bits per heavy atom. The number of para-hydroxylation sites is 1. The van der Waals surface area contributed by atoms with E-state index in [1.54, 1.807) is 7.11 Å². The highest BCUT2D eigenvalue weighted by atomic mass is 16.5. The maximum absolute atomic E-state index is 12.7. The van der Waals surface area contributed by atoms with Crippen LogP contribution in [0.2, 0.25) is 0 Å². The van der Waals surface area contributed by atoms with Crippen molar-refractivity contribution >= 4 is 5.91 Å². The Balaban J connectivity index is 1.89. The van der Waals surface area contributed by atoms with Gasteiger partial charge in [0.25, 0.3) is 0 Å². The van der Waals surface area contributed by atoms with E-state index in [9.17, 15) is 4.79 Å². The Bertz CT molecular complexity index is 537. The second-order valence-corrected chi connectivity index (χ2v) is 6.55. The second-order valence-electron chi connectivity index (χ2n) is 6.55. The second kappa shape index (κ2) is 5.34. The largest absolute Gasteiger partial charge is 0.496 e. The first-order valence-corrected chi connectivity index (χ1v) is 7.79. The van der Waals surface area contributed by atoms with E-state index in [1.165, 1.54) is 0 Å². The summed E-state index contributed by atoms with van der Waals surface area (Å²) in [6, 6.07) is 7.97. The molecule has 3 rings (SSSR count). The van der Waals surface area contributed by atoms with Crippen molar-refractivity contribution < 1.29 is 9.53 Å². The van der Waals surface area contributed by atoms with Crippen LogP contribution in [-0.2, 0) is 4.79 Å². The maximum atomic E-state index is 12.7. The highest BCUT2D eigenvalue weighted by Crippen LogP contribution is 2.47. The van der Waals surface area contributed by atoms with Gasteiger partial charge in [0.05, 0.1) is 7.11 Å². The summed E-state index contributed by atoms with van der Waals surface area (Å²) in [6.45, 7) is 5.19. The highest BCUT2D eigenvalue weighted by molar-refractivity contribution is 5.92. The van der Waals surface area contributed by atoms with Gasteiger partial charge in [-0.2, -0.15) is 0 Å². The van der Waals surface area contributed by atoms with Crippen LogP contribution in [0, 0.1) is 5.92 Å². The van der Waals surface area contributed by atoms with Crippen LogP contribution in [0.3, 0.4) is 0 Å². The molecule has 1 saturated heterocycles. The molecule has 1 unspecified atom stereocenters. The number of hydrogen-bond acceptors (Lipinski definition) is 3. The van der Waals surface area contributed by atoms with E-state index in [0.717, 1.165) is 37.1 Å². The van der Waals surface area contributed by atoms with Gasteiger partial charge in [-0.3, -0.25) is 10.1 Å². The molecule has 1 amide bonds. The lowest BCUT2D eigenvalue weighted by Crippen LogP contribution is -2.33. The molecule has 0 aromatic heterocycles. The average Bonchev–Trinajstić information content (AvgIpc) is 3.20. The Morgan fingerprint density at radius 1 is 1.38 bits per heavy atom. The van der Waals surface area contributed by atoms with Gasteiger partial charge in [-0.05, 0) is 31.2 Å².